The highest BCUT2D eigenvalue weighted by molar-refractivity contribution is 4.51. The van der Waals surface area contributed by atoms with E-state index in [-0.39, 0.29) is 0 Å². The predicted molar refractivity (Wildman–Crippen MR) is 115 cm³/mol. The summed E-state index contributed by atoms with van der Waals surface area (Å²) in [5, 5.41) is 0. The van der Waals surface area contributed by atoms with Crippen LogP contribution < -0.4 is 5.73 Å². The van der Waals surface area contributed by atoms with Crippen LogP contribution in [-0.2, 0) is 0 Å². The number of nitrogens with zero attached hydrogens (tertiary/aromatic N) is 1. The third-order valence-corrected chi connectivity index (χ3v) is 5.31. The van der Waals surface area contributed by atoms with Gasteiger partial charge in [-0.15, -0.1) is 0 Å². The maximum Gasteiger partial charge on any atom is -0.00248 e. The molecule has 0 bridgehead atoms. The highest BCUT2D eigenvalue weighted by atomic mass is 15.0. The van der Waals surface area contributed by atoms with Gasteiger partial charge in [0.15, 0.2) is 0 Å². The van der Waals surface area contributed by atoms with E-state index in [0.29, 0.717) is 0 Å². The van der Waals surface area contributed by atoms with E-state index in [1.165, 1.54) is 129 Å². The van der Waals surface area contributed by atoms with Crippen LogP contribution in [-0.4, -0.2) is 32.1 Å². The fraction of sp³-hybridized carbons (Fsp3) is 1.00. The highest BCUT2D eigenvalue weighted by Crippen LogP contribution is 2.14. The molecule has 0 aromatic carbocycles. The van der Waals surface area contributed by atoms with E-state index in [1.54, 1.807) is 0 Å². The smallest absolute Gasteiger partial charge is 0.00248 e. The number of hydrogen-bond donors (Lipinski definition) is 1. The number of unbranched alkanes of at least 4 members (excludes halogenated alkanes) is 18. The Bertz CT molecular complexity index is 228. The van der Waals surface area contributed by atoms with Crippen molar-refractivity contribution in [2.24, 2.45) is 5.73 Å². The van der Waals surface area contributed by atoms with Crippen LogP contribution >= 0.6 is 0 Å². The lowest BCUT2D eigenvalue weighted by Gasteiger charge is -2.08. The Hall–Kier alpha value is -0.0800. The van der Waals surface area contributed by atoms with Gasteiger partial charge in [0.2, 0.25) is 0 Å². The van der Waals surface area contributed by atoms with Gasteiger partial charge in [-0.25, -0.2) is 0 Å². The average molecular weight is 355 g/mol. The third-order valence-electron chi connectivity index (χ3n) is 5.31. The van der Waals surface area contributed by atoms with Gasteiger partial charge >= 0.3 is 0 Å². The summed E-state index contributed by atoms with van der Waals surface area (Å²) in [5.74, 6) is 0. The largest absolute Gasteiger partial charge is 0.330 e. The van der Waals surface area contributed by atoms with Gasteiger partial charge in [0.25, 0.3) is 0 Å². The molecule has 0 atom stereocenters. The van der Waals surface area contributed by atoms with Crippen LogP contribution in [0.4, 0.5) is 0 Å². The van der Waals surface area contributed by atoms with Crippen LogP contribution in [0.25, 0.3) is 0 Å². The molecule has 0 saturated heterocycles. The summed E-state index contributed by atoms with van der Waals surface area (Å²) in [6.45, 7) is 2.13. The molecular weight excluding hydrogens is 304 g/mol. The number of hydrogen-bond acceptors (Lipinski definition) is 2. The zero-order valence-electron chi connectivity index (χ0n) is 17.9. The predicted octanol–water partition coefficient (Wildman–Crippen LogP) is 6.92. The first-order valence-corrected chi connectivity index (χ1v) is 11.6. The first-order valence-electron chi connectivity index (χ1n) is 11.6. The minimum absolute atomic E-state index is 0.872. The summed E-state index contributed by atoms with van der Waals surface area (Å²) in [4.78, 5) is 2.30. The van der Waals surface area contributed by atoms with E-state index in [1.807, 2.05) is 0 Å². The monoisotopic (exact) mass is 354 g/mol. The summed E-state index contributed by atoms with van der Waals surface area (Å²) in [6, 6.07) is 0. The second-order valence-electron chi connectivity index (χ2n) is 8.31. The molecule has 0 aliphatic carbocycles. The summed E-state index contributed by atoms with van der Waals surface area (Å²) in [5.41, 5.74) is 5.51. The van der Waals surface area contributed by atoms with Crippen molar-refractivity contribution in [2.75, 3.05) is 27.2 Å². The number of nitrogens with two attached hydrogens (primary N) is 1. The molecule has 0 radical (unpaired) electrons. The molecule has 0 aromatic rings. The van der Waals surface area contributed by atoms with Crippen LogP contribution in [0.3, 0.4) is 0 Å². The zero-order valence-corrected chi connectivity index (χ0v) is 17.9. The molecule has 2 nitrogen and oxygen atoms in total. The standard InChI is InChI=1S/C23H50N2/c1-25(2)23-21-19-17-15-13-11-9-7-5-3-4-6-8-10-12-14-16-18-20-22-24/h3-24H2,1-2H3. The molecule has 0 heterocycles. The van der Waals surface area contributed by atoms with Gasteiger partial charge in [0, 0.05) is 0 Å². The van der Waals surface area contributed by atoms with Crippen LogP contribution in [0.2, 0.25) is 0 Å². The Morgan fingerprint density at radius 1 is 0.400 bits per heavy atom. The molecule has 0 aliphatic rings. The summed E-state index contributed by atoms with van der Waals surface area (Å²) < 4.78 is 0. The van der Waals surface area contributed by atoms with E-state index in [4.69, 9.17) is 5.73 Å². The van der Waals surface area contributed by atoms with Gasteiger partial charge < -0.3 is 10.6 Å². The topological polar surface area (TPSA) is 29.3 Å². The Kier molecular flexibility index (Phi) is 21.9. The van der Waals surface area contributed by atoms with Crippen molar-refractivity contribution in [3.8, 4) is 0 Å². The average Bonchev–Trinajstić information content (AvgIpc) is 2.60. The molecule has 0 unspecified atom stereocenters. The van der Waals surface area contributed by atoms with E-state index < -0.39 is 0 Å². The molecule has 25 heavy (non-hydrogen) atoms. The first-order chi connectivity index (χ1) is 12.3. The lowest BCUT2D eigenvalue weighted by Crippen LogP contribution is -2.12. The van der Waals surface area contributed by atoms with Gasteiger partial charge in [-0.1, -0.05) is 109 Å². The molecule has 0 amide bonds. The second kappa shape index (κ2) is 22.0. The van der Waals surface area contributed by atoms with Crippen molar-refractivity contribution in [3.63, 3.8) is 0 Å². The lowest BCUT2D eigenvalue weighted by molar-refractivity contribution is 0.389. The van der Waals surface area contributed by atoms with Crippen molar-refractivity contribution >= 4 is 0 Å². The minimum Gasteiger partial charge on any atom is -0.330 e. The summed E-state index contributed by atoms with van der Waals surface area (Å²) in [6.07, 6.45) is 27.2. The van der Waals surface area contributed by atoms with Crippen molar-refractivity contribution in [3.05, 3.63) is 0 Å². The van der Waals surface area contributed by atoms with Crippen molar-refractivity contribution < 1.29 is 0 Å². The van der Waals surface area contributed by atoms with Crippen molar-refractivity contribution in [1.82, 2.24) is 4.90 Å². The zero-order chi connectivity index (χ0) is 18.4. The van der Waals surface area contributed by atoms with Crippen LogP contribution in [0, 0.1) is 0 Å². The van der Waals surface area contributed by atoms with Crippen LogP contribution in [0.5, 0.6) is 0 Å². The number of rotatable bonds is 21. The van der Waals surface area contributed by atoms with Gasteiger partial charge in [-0.05, 0) is 40.0 Å². The molecule has 0 fully saturated rings. The van der Waals surface area contributed by atoms with Gasteiger partial charge in [0.05, 0.1) is 0 Å². The maximum absolute atomic E-state index is 5.51. The van der Waals surface area contributed by atoms with Gasteiger partial charge in [0.1, 0.15) is 0 Å². The highest BCUT2D eigenvalue weighted by Gasteiger charge is 1.95. The van der Waals surface area contributed by atoms with Gasteiger partial charge in [-0.2, -0.15) is 0 Å². The molecule has 0 spiro atoms. The van der Waals surface area contributed by atoms with E-state index in [2.05, 4.69) is 19.0 Å². The second-order valence-corrected chi connectivity index (χ2v) is 8.31. The lowest BCUT2D eigenvalue weighted by atomic mass is 10.0. The van der Waals surface area contributed by atoms with Crippen molar-refractivity contribution in [2.45, 2.75) is 122 Å². The van der Waals surface area contributed by atoms with Crippen LogP contribution in [0.15, 0.2) is 0 Å². The molecule has 152 valence electrons. The molecule has 2 N–H and O–H groups in total. The Balaban J connectivity index is 2.96. The van der Waals surface area contributed by atoms with Crippen molar-refractivity contribution in [1.29, 1.82) is 0 Å². The molecule has 2 heteroatoms. The normalized spacial score (nSPS) is 11.5. The van der Waals surface area contributed by atoms with Crippen LogP contribution in [0.1, 0.15) is 122 Å². The van der Waals surface area contributed by atoms with Gasteiger partial charge in [-0.3, -0.25) is 0 Å². The third kappa shape index (κ3) is 23.9. The summed E-state index contributed by atoms with van der Waals surface area (Å²) >= 11 is 0. The Labute approximate surface area is 160 Å². The van der Waals surface area contributed by atoms with E-state index in [9.17, 15) is 0 Å². The molecular formula is C23H50N2. The fourth-order valence-corrected chi connectivity index (χ4v) is 3.58. The molecule has 0 aromatic heterocycles. The maximum atomic E-state index is 5.51. The Morgan fingerprint density at radius 2 is 0.640 bits per heavy atom. The molecule has 0 aliphatic heterocycles. The van der Waals surface area contributed by atoms with E-state index >= 15 is 0 Å². The minimum atomic E-state index is 0.872. The quantitative estimate of drug-likeness (QED) is 0.227. The van der Waals surface area contributed by atoms with E-state index in [0.717, 1.165) is 6.54 Å². The Morgan fingerprint density at radius 3 is 0.880 bits per heavy atom. The molecule has 0 rings (SSSR count). The first kappa shape index (κ1) is 24.9. The fourth-order valence-electron chi connectivity index (χ4n) is 3.58. The molecule has 0 saturated carbocycles. The SMILES string of the molecule is CN(C)CCCCCCCCCCCCCCCCCCCCCN. The summed E-state index contributed by atoms with van der Waals surface area (Å²) in [7, 11) is 4.35.